The monoisotopic (exact) mass is 281 g/mol. The molecule has 4 nitrogen and oxygen atoms in total. The van der Waals surface area contributed by atoms with Crippen LogP contribution in [0.2, 0.25) is 0 Å². The highest BCUT2D eigenvalue weighted by atomic mass is 16.5. The quantitative estimate of drug-likeness (QED) is 0.692. The fraction of sp³-hybridized carbons (Fsp3) is 0.176. The number of amidine groups is 1. The van der Waals surface area contributed by atoms with Crippen LogP contribution in [0.1, 0.15) is 22.4 Å². The minimum atomic E-state index is 0.404. The van der Waals surface area contributed by atoms with E-state index < -0.39 is 0 Å². The molecule has 2 aromatic rings. The second kappa shape index (κ2) is 6.22. The first kappa shape index (κ1) is 14.8. The van der Waals surface area contributed by atoms with Gasteiger partial charge in [0.15, 0.2) is 0 Å². The van der Waals surface area contributed by atoms with Crippen LogP contribution in [0.15, 0.2) is 48.1 Å². The zero-order chi connectivity index (χ0) is 15.4. The SMILES string of the molecule is C=C(N=C(N)c1cccc(OC)c1C)c1ncccc1C. The Morgan fingerprint density at radius 3 is 2.67 bits per heavy atom. The van der Waals surface area contributed by atoms with Crippen LogP contribution in [0.25, 0.3) is 5.70 Å². The van der Waals surface area contributed by atoms with E-state index >= 15 is 0 Å². The molecule has 0 bridgehead atoms. The first-order valence-electron chi connectivity index (χ1n) is 6.63. The van der Waals surface area contributed by atoms with Crippen molar-refractivity contribution in [2.24, 2.45) is 10.7 Å². The maximum Gasteiger partial charge on any atom is 0.131 e. The predicted molar refractivity (Wildman–Crippen MR) is 86.5 cm³/mol. The molecule has 108 valence electrons. The van der Waals surface area contributed by atoms with E-state index in [2.05, 4.69) is 16.6 Å². The smallest absolute Gasteiger partial charge is 0.131 e. The molecule has 1 heterocycles. The van der Waals surface area contributed by atoms with Gasteiger partial charge in [0.1, 0.15) is 11.6 Å². The van der Waals surface area contributed by atoms with Crippen molar-refractivity contribution in [3.63, 3.8) is 0 Å². The molecule has 0 aliphatic heterocycles. The number of rotatable bonds is 4. The molecule has 0 atom stereocenters. The maximum absolute atomic E-state index is 6.11. The molecule has 0 amide bonds. The van der Waals surface area contributed by atoms with Gasteiger partial charge < -0.3 is 10.5 Å². The summed E-state index contributed by atoms with van der Waals surface area (Å²) in [5.74, 6) is 1.19. The molecule has 0 aliphatic rings. The van der Waals surface area contributed by atoms with Gasteiger partial charge in [0.05, 0.1) is 18.5 Å². The van der Waals surface area contributed by atoms with E-state index in [-0.39, 0.29) is 0 Å². The average molecular weight is 281 g/mol. The molecular weight excluding hydrogens is 262 g/mol. The summed E-state index contributed by atoms with van der Waals surface area (Å²) in [4.78, 5) is 8.69. The zero-order valence-corrected chi connectivity index (χ0v) is 12.6. The number of hydrogen-bond acceptors (Lipinski definition) is 3. The number of pyridine rings is 1. The molecule has 0 unspecified atom stereocenters. The van der Waals surface area contributed by atoms with Crippen LogP contribution in [0, 0.1) is 13.8 Å². The van der Waals surface area contributed by atoms with Gasteiger partial charge in [-0.15, -0.1) is 0 Å². The number of methoxy groups -OCH3 is 1. The fourth-order valence-corrected chi connectivity index (χ4v) is 2.16. The van der Waals surface area contributed by atoms with Gasteiger partial charge in [-0.2, -0.15) is 0 Å². The number of aromatic nitrogens is 1. The minimum Gasteiger partial charge on any atom is -0.496 e. The van der Waals surface area contributed by atoms with Crippen molar-refractivity contribution in [1.82, 2.24) is 4.98 Å². The van der Waals surface area contributed by atoms with Crippen molar-refractivity contribution >= 4 is 11.5 Å². The number of benzene rings is 1. The lowest BCUT2D eigenvalue weighted by molar-refractivity contribution is 0.411. The molecular formula is C17H19N3O. The van der Waals surface area contributed by atoms with Gasteiger partial charge in [-0.3, -0.25) is 4.98 Å². The van der Waals surface area contributed by atoms with E-state index in [1.807, 2.05) is 44.2 Å². The number of nitrogens with zero attached hydrogens (tertiary/aromatic N) is 2. The standard InChI is InChI=1S/C17H19N3O/c1-11-7-6-10-19-16(11)13(3)20-17(18)14-8-5-9-15(21-4)12(14)2/h5-10H,3H2,1-2,4H3,(H2,18,20). The maximum atomic E-state index is 6.11. The lowest BCUT2D eigenvalue weighted by Gasteiger charge is -2.10. The third-order valence-corrected chi connectivity index (χ3v) is 3.32. The minimum absolute atomic E-state index is 0.404. The summed E-state index contributed by atoms with van der Waals surface area (Å²) in [6.45, 7) is 7.88. The largest absolute Gasteiger partial charge is 0.496 e. The summed E-state index contributed by atoms with van der Waals surface area (Å²) in [5.41, 5.74) is 10.2. The molecule has 0 spiro atoms. The summed E-state index contributed by atoms with van der Waals surface area (Å²) < 4.78 is 5.30. The Morgan fingerprint density at radius 1 is 1.24 bits per heavy atom. The molecule has 2 rings (SSSR count). The number of aryl methyl sites for hydroxylation is 1. The second-order valence-corrected chi connectivity index (χ2v) is 4.75. The van der Waals surface area contributed by atoms with E-state index in [4.69, 9.17) is 10.5 Å². The van der Waals surface area contributed by atoms with Crippen molar-refractivity contribution < 1.29 is 4.74 Å². The van der Waals surface area contributed by atoms with Crippen molar-refractivity contribution in [2.45, 2.75) is 13.8 Å². The molecule has 1 aromatic heterocycles. The van der Waals surface area contributed by atoms with Crippen molar-refractivity contribution in [2.75, 3.05) is 7.11 Å². The molecule has 0 saturated carbocycles. The lowest BCUT2D eigenvalue weighted by atomic mass is 10.1. The predicted octanol–water partition coefficient (Wildman–Crippen LogP) is 3.08. The third-order valence-electron chi connectivity index (χ3n) is 3.32. The van der Waals surface area contributed by atoms with Crippen molar-refractivity contribution in [3.05, 3.63) is 65.5 Å². The van der Waals surface area contributed by atoms with Crippen LogP contribution in [0.3, 0.4) is 0 Å². The number of ether oxygens (including phenoxy) is 1. The summed E-state index contributed by atoms with van der Waals surface area (Å²) >= 11 is 0. The van der Waals surface area contributed by atoms with E-state index in [1.54, 1.807) is 13.3 Å². The van der Waals surface area contributed by atoms with Crippen molar-refractivity contribution in [1.29, 1.82) is 0 Å². The zero-order valence-electron chi connectivity index (χ0n) is 12.6. The van der Waals surface area contributed by atoms with E-state index in [0.29, 0.717) is 11.5 Å². The average Bonchev–Trinajstić information content (AvgIpc) is 2.47. The van der Waals surface area contributed by atoms with Gasteiger partial charge in [-0.1, -0.05) is 24.8 Å². The molecule has 2 N–H and O–H groups in total. The van der Waals surface area contributed by atoms with Gasteiger partial charge >= 0.3 is 0 Å². The van der Waals surface area contributed by atoms with Crippen LogP contribution >= 0.6 is 0 Å². The second-order valence-electron chi connectivity index (χ2n) is 4.75. The van der Waals surface area contributed by atoms with Gasteiger partial charge in [-0.05, 0) is 31.5 Å². The molecule has 0 fully saturated rings. The fourth-order valence-electron chi connectivity index (χ4n) is 2.16. The first-order valence-corrected chi connectivity index (χ1v) is 6.63. The molecule has 4 heteroatoms. The Hall–Kier alpha value is -2.62. The number of nitrogens with two attached hydrogens (primary N) is 1. The summed E-state index contributed by atoms with van der Waals surface area (Å²) in [6, 6.07) is 9.54. The molecule has 1 aromatic carbocycles. The Labute approximate surface area is 125 Å². The van der Waals surface area contributed by atoms with E-state index in [9.17, 15) is 0 Å². The van der Waals surface area contributed by atoms with Gasteiger partial charge in [0, 0.05) is 17.3 Å². The highest BCUT2D eigenvalue weighted by Gasteiger charge is 2.09. The van der Waals surface area contributed by atoms with Crippen LogP contribution in [0.5, 0.6) is 5.75 Å². The summed E-state index contributed by atoms with van der Waals surface area (Å²) in [6.07, 6.45) is 1.72. The molecule has 0 saturated heterocycles. The highest BCUT2D eigenvalue weighted by Crippen LogP contribution is 2.22. The molecule has 0 radical (unpaired) electrons. The van der Waals surface area contributed by atoms with Crippen LogP contribution in [0.4, 0.5) is 0 Å². The van der Waals surface area contributed by atoms with Crippen molar-refractivity contribution in [3.8, 4) is 5.75 Å². The van der Waals surface area contributed by atoms with Crippen LogP contribution in [-0.2, 0) is 0 Å². The Balaban J connectivity index is 2.38. The Kier molecular flexibility index (Phi) is 4.38. The van der Waals surface area contributed by atoms with Gasteiger partial charge in [0.2, 0.25) is 0 Å². The van der Waals surface area contributed by atoms with E-state index in [0.717, 1.165) is 28.1 Å². The highest BCUT2D eigenvalue weighted by molar-refractivity contribution is 6.02. The summed E-state index contributed by atoms with van der Waals surface area (Å²) in [5, 5.41) is 0. The van der Waals surface area contributed by atoms with Gasteiger partial charge in [0.25, 0.3) is 0 Å². The number of aliphatic imine (C=N–C) groups is 1. The first-order chi connectivity index (χ1) is 10.0. The normalized spacial score (nSPS) is 11.3. The molecule has 0 aliphatic carbocycles. The molecule has 21 heavy (non-hydrogen) atoms. The van der Waals surface area contributed by atoms with Gasteiger partial charge in [-0.25, -0.2) is 4.99 Å². The van der Waals surface area contributed by atoms with E-state index in [1.165, 1.54) is 0 Å². The Morgan fingerprint density at radius 2 is 2.00 bits per heavy atom. The topological polar surface area (TPSA) is 60.5 Å². The lowest BCUT2D eigenvalue weighted by Crippen LogP contribution is -2.15. The van der Waals surface area contributed by atoms with Crippen LogP contribution < -0.4 is 10.5 Å². The Bertz CT molecular complexity index is 705. The number of hydrogen-bond donors (Lipinski definition) is 1. The van der Waals surface area contributed by atoms with Crippen LogP contribution in [-0.4, -0.2) is 17.9 Å². The summed E-state index contributed by atoms with van der Waals surface area (Å²) in [7, 11) is 1.63. The third kappa shape index (κ3) is 3.11.